The fourth-order valence-electron chi connectivity index (χ4n) is 7.80. The number of aromatic nitrogens is 4. The highest BCUT2D eigenvalue weighted by Crippen LogP contribution is 2.41. The zero-order valence-electron chi connectivity index (χ0n) is 32.7. The molecule has 4 bridgehead atoms. The van der Waals surface area contributed by atoms with E-state index in [1.165, 1.54) is 0 Å². The predicted octanol–water partition coefficient (Wildman–Crippen LogP) is 8.95. The van der Waals surface area contributed by atoms with Gasteiger partial charge in [0.25, 0.3) is 10.0 Å². The lowest BCUT2D eigenvalue weighted by Crippen LogP contribution is -2.28. The van der Waals surface area contributed by atoms with Crippen molar-refractivity contribution in [2.75, 3.05) is 29.3 Å². The molecule has 2 aromatic carbocycles. The van der Waals surface area contributed by atoms with Crippen molar-refractivity contribution in [1.29, 1.82) is 0 Å². The van der Waals surface area contributed by atoms with Crippen molar-refractivity contribution in [3.63, 3.8) is 0 Å². The van der Waals surface area contributed by atoms with E-state index in [0.29, 0.717) is 24.6 Å². The van der Waals surface area contributed by atoms with Crippen molar-refractivity contribution in [3.8, 4) is 17.1 Å². The van der Waals surface area contributed by atoms with Gasteiger partial charge in [-0.25, -0.2) is 28.1 Å². The van der Waals surface area contributed by atoms with Gasteiger partial charge in [-0.15, -0.1) is 0 Å². The molecule has 4 aromatic rings. The van der Waals surface area contributed by atoms with E-state index in [1.807, 2.05) is 31.5 Å². The van der Waals surface area contributed by atoms with Gasteiger partial charge in [-0.2, -0.15) is 4.98 Å². The molecule has 6 rings (SSSR count). The van der Waals surface area contributed by atoms with Gasteiger partial charge in [0.05, 0.1) is 35.3 Å². The molecule has 52 heavy (non-hydrogen) atoms. The topological polar surface area (TPSA) is 110 Å². The number of benzene rings is 2. The first-order chi connectivity index (χ1) is 24.3. The summed E-state index contributed by atoms with van der Waals surface area (Å²) in [4.78, 5) is 21.8. The number of aryl methyl sites for hydroxylation is 1. The summed E-state index contributed by atoms with van der Waals surface area (Å²) in [6.45, 7) is 24.3. The van der Waals surface area contributed by atoms with Crippen LogP contribution in [0.15, 0.2) is 59.8 Å². The molecular formula is C42H56N6O3S. The van der Waals surface area contributed by atoms with E-state index < -0.39 is 10.0 Å². The normalized spacial score (nSPS) is 20.0. The molecule has 0 saturated carbocycles. The van der Waals surface area contributed by atoms with Crippen LogP contribution in [-0.2, 0) is 22.9 Å². The molecule has 2 aliphatic heterocycles. The summed E-state index contributed by atoms with van der Waals surface area (Å²) in [6.07, 6.45) is 7.19. The number of rotatable bonds is 6. The van der Waals surface area contributed by atoms with Gasteiger partial charge in [0.2, 0.25) is 11.8 Å². The third-order valence-electron chi connectivity index (χ3n) is 10.3. The molecule has 0 radical (unpaired) electrons. The average Bonchev–Trinajstić information content (AvgIpc) is 3.41. The molecule has 9 nitrogen and oxygen atoms in total. The fourth-order valence-corrected chi connectivity index (χ4v) is 8.79. The van der Waals surface area contributed by atoms with E-state index in [-0.39, 0.29) is 38.9 Å². The van der Waals surface area contributed by atoms with Crippen LogP contribution in [0, 0.1) is 36.0 Å². The van der Waals surface area contributed by atoms with Crippen molar-refractivity contribution in [1.82, 2.24) is 19.9 Å². The molecule has 1 unspecified atom stereocenters. The fraction of sp³-hybridized carbons (Fsp3) is 0.524. The Morgan fingerprint density at radius 2 is 1.67 bits per heavy atom. The summed E-state index contributed by atoms with van der Waals surface area (Å²) in [5, 5.41) is 0. The smallest absolute Gasteiger partial charge is 0.264 e. The number of fused-ring (bicyclic) bond motifs is 4. The number of hydrogen-bond acceptors (Lipinski definition) is 8. The van der Waals surface area contributed by atoms with Crippen LogP contribution in [0.25, 0.3) is 11.3 Å². The second-order valence-corrected chi connectivity index (χ2v) is 19.9. The first-order valence-corrected chi connectivity index (χ1v) is 20.0. The van der Waals surface area contributed by atoms with Gasteiger partial charge in [-0.1, -0.05) is 85.7 Å². The summed E-state index contributed by atoms with van der Waals surface area (Å²) in [7, 11) is -4.05. The first-order valence-electron chi connectivity index (χ1n) is 18.6. The van der Waals surface area contributed by atoms with Crippen LogP contribution in [0.4, 0.5) is 11.6 Å². The van der Waals surface area contributed by atoms with Crippen molar-refractivity contribution < 1.29 is 13.2 Å². The van der Waals surface area contributed by atoms with E-state index in [4.69, 9.17) is 24.7 Å². The van der Waals surface area contributed by atoms with Gasteiger partial charge >= 0.3 is 0 Å². The third-order valence-corrected chi connectivity index (χ3v) is 11.6. The molecule has 2 atom stereocenters. The number of ether oxygens (including phenoxy) is 1. The van der Waals surface area contributed by atoms with Gasteiger partial charge in [0.15, 0.2) is 0 Å². The Kier molecular flexibility index (Phi) is 10.2. The van der Waals surface area contributed by atoms with Crippen molar-refractivity contribution in [2.45, 2.75) is 106 Å². The molecule has 2 aromatic heterocycles. The number of nitrogens with zero attached hydrogens (tertiary/aromatic N) is 5. The molecular weight excluding hydrogens is 669 g/mol. The van der Waals surface area contributed by atoms with Gasteiger partial charge in [-0.3, -0.25) is 0 Å². The largest absolute Gasteiger partial charge is 0.477 e. The molecule has 1 saturated heterocycles. The van der Waals surface area contributed by atoms with Crippen molar-refractivity contribution in [3.05, 3.63) is 82.9 Å². The van der Waals surface area contributed by atoms with E-state index in [0.717, 1.165) is 71.7 Å². The minimum absolute atomic E-state index is 0.00895. The maximum absolute atomic E-state index is 14.1. The van der Waals surface area contributed by atoms with Crippen LogP contribution in [-0.4, -0.2) is 48.1 Å². The summed E-state index contributed by atoms with van der Waals surface area (Å²) >= 11 is 0. The molecule has 1 fully saturated rings. The van der Waals surface area contributed by atoms with Crippen LogP contribution in [0.2, 0.25) is 0 Å². The molecule has 2 aliphatic rings. The second-order valence-electron chi connectivity index (χ2n) is 18.2. The lowest BCUT2D eigenvalue weighted by molar-refractivity contribution is 0.165. The number of nitrogens with one attached hydrogen (secondary N) is 1. The summed E-state index contributed by atoms with van der Waals surface area (Å²) < 4.78 is 37.6. The predicted molar refractivity (Wildman–Crippen MR) is 209 cm³/mol. The third kappa shape index (κ3) is 8.76. The lowest BCUT2D eigenvalue weighted by atomic mass is 9.75. The van der Waals surface area contributed by atoms with Crippen LogP contribution >= 0.6 is 0 Å². The Morgan fingerprint density at radius 1 is 0.962 bits per heavy atom. The maximum atomic E-state index is 14.1. The van der Waals surface area contributed by atoms with E-state index >= 15 is 0 Å². The van der Waals surface area contributed by atoms with Crippen LogP contribution in [0.1, 0.15) is 102 Å². The van der Waals surface area contributed by atoms with E-state index in [1.54, 1.807) is 12.1 Å². The highest BCUT2D eigenvalue weighted by Gasteiger charge is 2.33. The minimum Gasteiger partial charge on any atom is -0.477 e. The zero-order chi connectivity index (χ0) is 37.6. The first kappa shape index (κ1) is 37.7. The van der Waals surface area contributed by atoms with Crippen molar-refractivity contribution in [2.24, 2.45) is 22.2 Å². The van der Waals surface area contributed by atoms with Crippen LogP contribution in [0.5, 0.6) is 5.88 Å². The molecule has 0 amide bonds. The van der Waals surface area contributed by atoms with E-state index in [9.17, 15) is 8.42 Å². The SMILES string of the molecule is Cc1cccc(CC(C)(C)C)c1-c1nc2nc(c1C)OC[C@@H](CC(C)(C)C)C(Cc1ncc(N3CCC(C)(C)C3)cn1)c1cccc(c1)S(=O)(=O)N2. The van der Waals surface area contributed by atoms with Gasteiger partial charge in [-0.05, 0) is 84.1 Å². The van der Waals surface area contributed by atoms with Crippen LogP contribution in [0.3, 0.4) is 0 Å². The molecule has 4 heterocycles. The summed E-state index contributed by atoms with van der Waals surface area (Å²) in [5.41, 5.74) is 6.83. The minimum atomic E-state index is -4.05. The lowest BCUT2D eigenvalue weighted by Gasteiger charge is -2.33. The zero-order valence-corrected chi connectivity index (χ0v) is 33.5. The summed E-state index contributed by atoms with van der Waals surface area (Å²) in [5.74, 6) is 0.956. The maximum Gasteiger partial charge on any atom is 0.264 e. The quantitative estimate of drug-likeness (QED) is 0.210. The highest BCUT2D eigenvalue weighted by molar-refractivity contribution is 7.92. The monoisotopic (exact) mass is 724 g/mol. The molecule has 1 N–H and O–H groups in total. The molecule has 10 heteroatoms. The molecule has 0 spiro atoms. The second kappa shape index (κ2) is 14.1. The molecule has 278 valence electrons. The average molecular weight is 725 g/mol. The Labute approximate surface area is 311 Å². The van der Waals surface area contributed by atoms with E-state index in [2.05, 4.69) is 90.1 Å². The van der Waals surface area contributed by atoms with Crippen molar-refractivity contribution >= 4 is 21.7 Å². The van der Waals surface area contributed by atoms with Gasteiger partial charge < -0.3 is 9.64 Å². The van der Waals surface area contributed by atoms with Gasteiger partial charge in [0, 0.05) is 36.6 Å². The standard InChI is InChI=1S/C42H56N6O3S/c1-27-13-11-15-30(21-40(3,4)5)36(27)37-28(2)38-46-39(45-37)47-52(49,50)33-16-12-14-29(19-33)34(31(25-51-38)22-41(6,7)8)20-35-43-23-32(24-44-35)48-18-17-42(9,10)26-48/h11-16,19,23-24,31,34H,17-18,20-22,25-26H2,1-10H3,(H,45,46,47)/t31-,34?/m1/s1. The number of hydrogen-bond donors (Lipinski definition) is 1. The number of sulfonamides is 1. The molecule has 0 aliphatic carbocycles. The Balaban J connectivity index is 1.44. The highest BCUT2D eigenvalue weighted by atomic mass is 32.2. The Bertz CT molecular complexity index is 2030. The van der Waals surface area contributed by atoms with Crippen LogP contribution < -0.4 is 14.4 Å². The van der Waals surface area contributed by atoms with Gasteiger partial charge in [0.1, 0.15) is 5.82 Å². The summed E-state index contributed by atoms with van der Waals surface area (Å²) in [6, 6.07) is 13.5. The Hall–Kier alpha value is -4.05. The Morgan fingerprint density at radius 3 is 2.33 bits per heavy atom. The number of anilines is 2.